The van der Waals surface area contributed by atoms with Crippen LogP contribution in [0.15, 0.2) is 0 Å². The van der Waals surface area contributed by atoms with E-state index in [0.717, 1.165) is 19.3 Å². The molecule has 0 aliphatic heterocycles. The number of amides is 1. The number of primary amides is 1. The van der Waals surface area contributed by atoms with Crippen LogP contribution in [-0.4, -0.2) is 17.1 Å². The zero-order valence-electron chi connectivity index (χ0n) is 5.21. The highest BCUT2D eigenvalue weighted by Crippen LogP contribution is 2.24. The molecule has 2 unspecified atom stereocenters. The molecule has 1 aliphatic rings. The van der Waals surface area contributed by atoms with Crippen LogP contribution in [0.3, 0.4) is 0 Å². The summed E-state index contributed by atoms with van der Waals surface area (Å²) in [4.78, 5) is 10.5. The summed E-state index contributed by atoms with van der Waals surface area (Å²) in [6, 6.07) is 0. The van der Waals surface area contributed by atoms with Gasteiger partial charge in [-0.3, -0.25) is 4.79 Å². The molecule has 0 aromatic rings. The fourth-order valence-electron chi connectivity index (χ4n) is 1.27. The Morgan fingerprint density at radius 1 is 1.56 bits per heavy atom. The van der Waals surface area contributed by atoms with Gasteiger partial charge >= 0.3 is 0 Å². The molecule has 3 N–H and O–H groups in total. The van der Waals surface area contributed by atoms with Crippen LogP contribution in [0.5, 0.6) is 0 Å². The van der Waals surface area contributed by atoms with Crippen molar-refractivity contribution in [3.8, 4) is 0 Å². The van der Waals surface area contributed by atoms with Gasteiger partial charge in [-0.15, -0.1) is 0 Å². The molecule has 9 heavy (non-hydrogen) atoms. The quantitative estimate of drug-likeness (QED) is 0.507. The van der Waals surface area contributed by atoms with E-state index in [9.17, 15) is 4.79 Å². The van der Waals surface area contributed by atoms with Crippen LogP contribution < -0.4 is 5.73 Å². The van der Waals surface area contributed by atoms with Gasteiger partial charge in [0, 0.05) is 0 Å². The monoisotopic (exact) mass is 129 g/mol. The van der Waals surface area contributed by atoms with Gasteiger partial charge in [-0.2, -0.15) is 0 Å². The van der Waals surface area contributed by atoms with Gasteiger partial charge in [-0.25, -0.2) is 0 Å². The first-order valence-corrected chi connectivity index (χ1v) is 3.19. The Kier molecular flexibility index (Phi) is 1.71. The van der Waals surface area contributed by atoms with E-state index in [2.05, 4.69) is 0 Å². The molecule has 3 nitrogen and oxygen atoms in total. The number of carbonyl (C=O) groups excluding carboxylic acids is 1. The fraction of sp³-hybridized carbons (Fsp3) is 0.833. The van der Waals surface area contributed by atoms with Crippen molar-refractivity contribution < 1.29 is 9.90 Å². The minimum absolute atomic E-state index is 0.273. The van der Waals surface area contributed by atoms with Crippen molar-refractivity contribution >= 4 is 5.91 Å². The van der Waals surface area contributed by atoms with E-state index in [1.807, 2.05) is 0 Å². The summed E-state index contributed by atoms with van der Waals surface area (Å²) in [6.07, 6.45) is 1.95. The summed E-state index contributed by atoms with van der Waals surface area (Å²) in [5, 5.41) is 9.06. The lowest BCUT2D eigenvalue weighted by molar-refractivity contribution is -0.124. The van der Waals surface area contributed by atoms with Crippen LogP contribution in [0.1, 0.15) is 19.3 Å². The van der Waals surface area contributed by atoms with Gasteiger partial charge in [0.1, 0.15) is 0 Å². The molecule has 0 bridgehead atoms. The summed E-state index contributed by atoms with van der Waals surface area (Å²) in [5.41, 5.74) is 4.99. The Bertz CT molecular complexity index is 124. The molecule has 1 aliphatic carbocycles. The predicted octanol–water partition coefficient (Wildman–Crippen LogP) is -0.367. The van der Waals surface area contributed by atoms with Gasteiger partial charge < -0.3 is 10.8 Å². The number of hydrogen-bond acceptors (Lipinski definition) is 2. The third-order valence-corrected chi connectivity index (χ3v) is 1.84. The molecule has 1 amide bonds. The third kappa shape index (κ3) is 1.21. The number of aliphatic hydroxyl groups is 1. The van der Waals surface area contributed by atoms with Crippen LogP contribution in [-0.2, 0) is 4.79 Å². The highest BCUT2D eigenvalue weighted by molar-refractivity contribution is 5.77. The van der Waals surface area contributed by atoms with E-state index in [1.54, 1.807) is 0 Å². The smallest absolute Gasteiger partial charge is 0.223 e. The van der Waals surface area contributed by atoms with Crippen LogP contribution in [0.25, 0.3) is 0 Å². The summed E-state index contributed by atoms with van der Waals surface area (Å²) in [5.74, 6) is -0.634. The minimum atomic E-state index is -0.470. The maximum atomic E-state index is 10.5. The van der Waals surface area contributed by atoms with Crippen molar-refractivity contribution in [1.29, 1.82) is 0 Å². The second kappa shape index (κ2) is 2.35. The molecular weight excluding hydrogens is 118 g/mol. The summed E-state index contributed by atoms with van der Waals surface area (Å²) in [7, 11) is 0. The molecule has 1 saturated carbocycles. The maximum absolute atomic E-state index is 10.5. The van der Waals surface area contributed by atoms with Crippen molar-refractivity contribution in [3.05, 3.63) is 0 Å². The fourth-order valence-corrected chi connectivity index (χ4v) is 1.27. The molecule has 3 heteroatoms. The molecule has 1 rings (SSSR count). The number of hydrogen-bond donors (Lipinski definition) is 2. The van der Waals surface area contributed by atoms with Crippen LogP contribution in [0.4, 0.5) is 0 Å². The average molecular weight is 129 g/mol. The average Bonchev–Trinajstić information content (AvgIpc) is 2.13. The molecule has 1 fully saturated rings. The van der Waals surface area contributed by atoms with Gasteiger partial charge in [-0.05, 0) is 19.3 Å². The zero-order valence-corrected chi connectivity index (χ0v) is 5.21. The van der Waals surface area contributed by atoms with E-state index in [4.69, 9.17) is 10.8 Å². The summed E-state index contributed by atoms with van der Waals surface area (Å²) < 4.78 is 0. The Morgan fingerprint density at radius 2 is 2.22 bits per heavy atom. The number of nitrogens with two attached hydrogens (primary N) is 1. The highest BCUT2D eigenvalue weighted by Gasteiger charge is 2.29. The lowest BCUT2D eigenvalue weighted by Crippen LogP contribution is -2.28. The Balaban J connectivity index is 2.49. The molecular formula is C6H11NO2. The lowest BCUT2D eigenvalue weighted by atomic mass is 10.1. The molecule has 0 aromatic carbocycles. The largest absolute Gasteiger partial charge is 0.392 e. The third-order valence-electron chi connectivity index (χ3n) is 1.84. The van der Waals surface area contributed by atoms with Gasteiger partial charge in [0.05, 0.1) is 12.0 Å². The molecule has 2 atom stereocenters. The van der Waals surface area contributed by atoms with Gasteiger partial charge in [0.15, 0.2) is 0 Å². The maximum Gasteiger partial charge on any atom is 0.223 e. The van der Waals surface area contributed by atoms with E-state index in [1.165, 1.54) is 0 Å². The van der Waals surface area contributed by atoms with Crippen molar-refractivity contribution in [2.24, 2.45) is 11.7 Å². The molecule has 0 spiro atoms. The minimum Gasteiger partial charge on any atom is -0.392 e. The second-order valence-electron chi connectivity index (χ2n) is 2.51. The Morgan fingerprint density at radius 3 is 2.44 bits per heavy atom. The Labute approximate surface area is 53.9 Å². The van der Waals surface area contributed by atoms with Crippen LogP contribution in [0.2, 0.25) is 0 Å². The van der Waals surface area contributed by atoms with Gasteiger partial charge in [0.25, 0.3) is 0 Å². The first kappa shape index (κ1) is 6.55. The summed E-state index contributed by atoms with van der Waals surface area (Å²) in [6.45, 7) is 0. The topological polar surface area (TPSA) is 63.3 Å². The van der Waals surface area contributed by atoms with E-state index >= 15 is 0 Å². The van der Waals surface area contributed by atoms with Crippen LogP contribution in [0, 0.1) is 5.92 Å². The molecule has 0 heterocycles. The lowest BCUT2D eigenvalue weighted by Gasteiger charge is -2.07. The molecule has 0 radical (unpaired) electrons. The van der Waals surface area contributed by atoms with Crippen LogP contribution >= 0.6 is 0 Å². The predicted molar refractivity (Wildman–Crippen MR) is 32.5 cm³/mol. The molecule has 52 valence electrons. The molecule has 0 aromatic heterocycles. The van der Waals surface area contributed by atoms with Crippen molar-refractivity contribution in [1.82, 2.24) is 0 Å². The first-order chi connectivity index (χ1) is 4.22. The first-order valence-electron chi connectivity index (χ1n) is 3.19. The van der Waals surface area contributed by atoms with E-state index in [0.29, 0.717) is 0 Å². The van der Waals surface area contributed by atoms with Gasteiger partial charge in [-0.1, -0.05) is 0 Å². The van der Waals surface area contributed by atoms with E-state index in [-0.39, 0.29) is 11.8 Å². The normalized spacial score (nSPS) is 34.8. The Hall–Kier alpha value is -0.570. The summed E-state index contributed by atoms with van der Waals surface area (Å²) >= 11 is 0. The van der Waals surface area contributed by atoms with E-state index < -0.39 is 6.10 Å². The zero-order chi connectivity index (χ0) is 6.85. The highest BCUT2D eigenvalue weighted by atomic mass is 16.3. The number of carbonyl (C=O) groups is 1. The number of rotatable bonds is 1. The standard InChI is InChI=1S/C6H11NO2/c7-6(9)4-2-1-3-5(4)8/h4-5,8H,1-3H2,(H2,7,9). The second-order valence-corrected chi connectivity index (χ2v) is 2.51. The number of aliphatic hydroxyl groups excluding tert-OH is 1. The van der Waals surface area contributed by atoms with Gasteiger partial charge in [0.2, 0.25) is 5.91 Å². The van der Waals surface area contributed by atoms with Crippen molar-refractivity contribution in [2.45, 2.75) is 25.4 Å². The van der Waals surface area contributed by atoms with Crippen molar-refractivity contribution in [3.63, 3.8) is 0 Å². The molecule has 0 saturated heterocycles. The SMILES string of the molecule is NC(=O)C1CCCC1O. The van der Waals surface area contributed by atoms with Crippen molar-refractivity contribution in [2.75, 3.05) is 0 Å².